The van der Waals surface area contributed by atoms with Gasteiger partial charge in [0.25, 0.3) is 5.91 Å². The van der Waals surface area contributed by atoms with E-state index in [-0.39, 0.29) is 18.4 Å². The number of amides is 1. The van der Waals surface area contributed by atoms with E-state index in [0.29, 0.717) is 30.0 Å². The van der Waals surface area contributed by atoms with Crippen molar-refractivity contribution >= 4 is 11.9 Å². The van der Waals surface area contributed by atoms with Crippen molar-refractivity contribution in [2.75, 3.05) is 27.3 Å². The molecule has 24 heavy (non-hydrogen) atoms. The van der Waals surface area contributed by atoms with Crippen LogP contribution < -0.4 is 9.47 Å². The van der Waals surface area contributed by atoms with Crippen LogP contribution in [0, 0.1) is 18.3 Å². The second-order valence-corrected chi connectivity index (χ2v) is 6.60. The van der Waals surface area contributed by atoms with Gasteiger partial charge in [0.15, 0.2) is 0 Å². The molecule has 132 valence electrons. The van der Waals surface area contributed by atoms with Crippen LogP contribution in [0.25, 0.3) is 0 Å². The topological polar surface area (TPSA) is 76.1 Å². The highest BCUT2D eigenvalue weighted by Gasteiger charge is 2.48. The first-order valence-corrected chi connectivity index (χ1v) is 8.02. The Morgan fingerprint density at radius 2 is 1.75 bits per heavy atom. The summed E-state index contributed by atoms with van der Waals surface area (Å²) in [5, 5.41) is 9.63. The van der Waals surface area contributed by atoms with Crippen LogP contribution in [-0.2, 0) is 4.79 Å². The number of carbonyl (C=O) groups excluding carboxylic acids is 1. The van der Waals surface area contributed by atoms with E-state index >= 15 is 0 Å². The third kappa shape index (κ3) is 2.92. The molecule has 0 aliphatic carbocycles. The normalized spacial score (nSPS) is 20.3. The summed E-state index contributed by atoms with van der Waals surface area (Å²) in [4.78, 5) is 26.2. The SMILES string of the molecule is COc1cc(C(=O)N2CCC(C(=O)O)(C(C)C)C2)cc(OC)c1C. The minimum absolute atomic E-state index is 0.0464. The maximum absolute atomic E-state index is 12.8. The van der Waals surface area contributed by atoms with Crippen LogP contribution in [0.5, 0.6) is 11.5 Å². The third-order valence-electron chi connectivity index (χ3n) is 5.12. The molecule has 1 unspecified atom stereocenters. The van der Waals surface area contributed by atoms with Crippen molar-refractivity contribution in [3.8, 4) is 11.5 Å². The number of ether oxygens (including phenoxy) is 2. The summed E-state index contributed by atoms with van der Waals surface area (Å²) in [6.07, 6.45) is 0.464. The largest absolute Gasteiger partial charge is 0.496 e. The molecule has 0 saturated carbocycles. The number of carboxylic acid groups (broad SMARTS) is 1. The van der Waals surface area contributed by atoms with Gasteiger partial charge in [0, 0.05) is 24.2 Å². The van der Waals surface area contributed by atoms with Crippen molar-refractivity contribution in [3.63, 3.8) is 0 Å². The standard InChI is InChI=1S/C18H25NO5/c1-11(2)18(17(21)22)6-7-19(10-18)16(20)13-8-14(23-4)12(3)15(9-13)24-5/h8-9,11H,6-7,10H2,1-5H3,(H,21,22). The Balaban J connectivity index is 2.32. The first-order valence-electron chi connectivity index (χ1n) is 8.02. The average molecular weight is 335 g/mol. The van der Waals surface area contributed by atoms with Gasteiger partial charge in [0.2, 0.25) is 0 Å². The number of aliphatic carboxylic acids is 1. The molecule has 1 N–H and O–H groups in total. The zero-order chi connectivity index (χ0) is 18.1. The molecule has 6 heteroatoms. The van der Waals surface area contributed by atoms with Crippen LogP contribution in [0.2, 0.25) is 0 Å². The highest BCUT2D eigenvalue weighted by molar-refractivity contribution is 5.96. The molecule has 1 aromatic carbocycles. The summed E-state index contributed by atoms with van der Waals surface area (Å²) in [5.41, 5.74) is 0.383. The van der Waals surface area contributed by atoms with Gasteiger partial charge in [-0.25, -0.2) is 0 Å². The molecule has 0 bridgehead atoms. The van der Waals surface area contributed by atoms with Gasteiger partial charge in [-0.3, -0.25) is 9.59 Å². The summed E-state index contributed by atoms with van der Waals surface area (Å²) >= 11 is 0. The van der Waals surface area contributed by atoms with Gasteiger partial charge in [-0.05, 0) is 31.4 Å². The lowest BCUT2D eigenvalue weighted by atomic mass is 9.76. The smallest absolute Gasteiger partial charge is 0.311 e. The van der Waals surface area contributed by atoms with Crippen LogP contribution >= 0.6 is 0 Å². The van der Waals surface area contributed by atoms with Crippen LogP contribution in [0.1, 0.15) is 36.2 Å². The molecule has 1 heterocycles. The zero-order valence-electron chi connectivity index (χ0n) is 14.9. The number of carboxylic acids is 1. The number of hydrogen-bond acceptors (Lipinski definition) is 4. The van der Waals surface area contributed by atoms with E-state index in [0.717, 1.165) is 5.56 Å². The van der Waals surface area contributed by atoms with Gasteiger partial charge in [0.05, 0.1) is 19.6 Å². The lowest BCUT2D eigenvalue weighted by Gasteiger charge is -2.28. The van der Waals surface area contributed by atoms with E-state index in [2.05, 4.69) is 0 Å². The lowest BCUT2D eigenvalue weighted by molar-refractivity contribution is -0.150. The summed E-state index contributed by atoms with van der Waals surface area (Å²) < 4.78 is 10.6. The molecule has 0 spiro atoms. The van der Waals surface area contributed by atoms with Gasteiger partial charge < -0.3 is 19.5 Å². The second-order valence-electron chi connectivity index (χ2n) is 6.60. The van der Waals surface area contributed by atoms with E-state index in [1.54, 1.807) is 31.3 Å². The molecule has 6 nitrogen and oxygen atoms in total. The molecule has 2 rings (SSSR count). The first-order chi connectivity index (χ1) is 11.3. The number of nitrogens with zero attached hydrogens (tertiary/aromatic N) is 1. The number of methoxy groups -OCH3 is 2. The van der Waals surface area contributed by atoms with Gasteiger partial charge in [0.1, 0.15) is 11.5 Å². The fourth-order valence-electron chi connectivity index (χ4n) is 3.29. The van der Waals surface area contributed by atoms with E-state index in [1.807, 2.05) is 20.8 Å². The van der Waals surface area contributed by atoms with Crippen molar-refractivity contribution in [1.29, 1.82) is 0 Å². The average Bonchev–Trinajstić information content (AvgIpc) is 3.01. The minimum Gasteiger partial charge on any atom is -0.496 e. The highest BCUT2D eigenvalue weighted by atomic mass is 16.5. The fraction of sp³-hybridized carbons (Fsp3) is 0.556. The molecule has 1 saturated heterocycles. The van der Waals surface area contributed by atoms with Gasteiger partial charge >= 0.3 is 5.97 Å². The summed E-state index contributed by atoms with van der Waals surface area (Å²) in [7, 11) is 3.08. The molecule has 1 fully saturated rings. The molecule has 1 atom stereocenters. The summed E-state index contributed by atoms with van der Waals surface area (Å²) in [5.74, 6) is 0.0626. The first kappa shape index (κ1) is 18.1. The quantitative estimate of drug-likeness (QED) is 0.895. The number of benzene rings is 1. The Hall–Kier alpha value is -2.24. The maximum Gasteiger partial charge on any atom is 0.311 e. The Morgan fingerprint density at radius 3 is 2.12 bits per heavy atom. The molecule has 1 aliphatic rings. The van der Waals surface area contributed by atoms with E-state index in [9.17, 15) is 14.7 Å². The minimum atomic E-state index is -0.880. The Kier molecular flexibility index (Phi) is 5.06. The van der Waals surface area contributed by atoms with E-state index in [4.69, 9.17) is 9.47 Å². The summed E-state index contributed by atoms with van der Waals surface area (Å²) in [6, 6.07) is 3.35. The molecule has 0 radical (unpaired) electrons. The van der Waals surface area contributed by atoms with Crippen molar-refractivity contribution in [1.82, 2.24) is 4.90 Å². The highest BCUT2D eigenvalue weighted by Crippen LogP contribution is 2.39. The van der Waals surface area contributed by atoms with Crippen LogP contribution in [0.4, 0.5) is 0 Å². The van der Waals surface area contributed by atoms with Gasteiger partial charge in [-0.2, -0.15) is 0 Å². The van der Waals surface area contributed by atoms with Crippen LogP contribution in [-0.4, -0.2) is 49.2 Å². The summed E-state index contributed by atoms with van der Waals surface area (Å²) in [6.45, 7) is 6.29. The number of carbonyl (C=O) groups is 2. The molecule has 1 aliphatic heterocycles. The van der Waals surface area contributed by atoms with Crippen molar-refractivity contribution in [3.05, 3.63) is 23.3 Å². The predicted molar refractivity (Wildman–Crippen MR) is 89.7 cm³/mol. The van der Waals surface area contributed by atoms with Crippen molar-refractivity contribution < 1.29 is 24.2 Å². The van der Waals surface area contributed by atoms with E-state index in [1.165, 1.54) is 0 Å². The second kappa shape index (κ2) is 6.71. The molecular weight excluding hydrogens is 310 g/mol. The third-order valence-corrected chi connectivity index (χ3v) is 5.12. The number of hydrogen-bond donors (Lipinski definition) is 1. The molecule has 1 aromatic rings. The molecular formula is C18H25NO5. The molecule has 1 amide bonds. The van der Waals surface area contributed by atoms with Crippen LogP contribution in [0.3, 0.4) is 0 Å². The lowest BCUT2D eigenvalue weighted by Crippen LogP contribution is -2.40. The van der Waals surface area contributed by atoms with Crippen LogP contribution in [0.15, 0.2) is 12.1 Å². The Morgan fingerprint density at radius 1 is 1.21 bits per heavy atom. The fourth-order valence-corrected chi connectivity index (χ4v) is 3.29. The zero-order valence-corrected chi connectivity index (χ0v) is 14.9. The monoisotopic (exact) mass is 335 g/mol. The predicted octanol–water partition coefficient (Wildman–Crippen LogP) is 2.59. The maximum atomic E-state index is 12.8. The van der Waals surface area contributed by atoms with Crippen molar-refractivity contribution in [2.24, 2.45) is 11.3 Å². The van der Waals surface area contributed by atoms with Gasteiger partial charge in [-0.15, -0.1) is 0 Å². The molecule has 0 aromatic heterocycles. The van der Waals surface area contributed by atoms with Gasteiger partial charge in [-0.1, -0.05) is 13.8 Å². The number of likely N-dealkylation sites (tertiary alicyclic amines) is 1. The van der Waals surface area contributed by atoms with Crippen molar-refractivity contribution in [2.45, 2.75) is 27.2 Å². The number of rotatable bonds is 5. The van der Waals surface area contributed by atoms with E-state index < -0.39 is 11.4 Å². The Bertz CT molecular complexity index is 630. The Labute approximate surface area is 142 Å².